The molecule has 5 nitrogen and oxygen atoms in total. The highest BCUT2D eigenvalue weighted by molar-refractivity contribution is 6.33. The first-order valence-corrected chi connectivity index (χ1v) is 7.49. The molecule has 0 unspecified atom stereocenters. The van der Waals surface area contributed by atoms with E-state index in [9.17, 15) is 0 Å². The largest absolute Gasteiger partial charge is 0.371 e. The van der Waals surface area contributed by atoms with Crippen LogP contribution in [0.2, 0.25) is 5.02 Å². The van der Waals surface area contributed by atoms with Gasteiger partial charge in [0.05, 0.1) is 16.6 Å². The molecule has 2 aromatic rings. The van der Waals surface area contributed by atoms with Gasteiger partial charge in [0.2, 0.25) is 0 Å². The molecule has 0 amide bonds. The highest BCUT2D eigenvalue weighted by Crippen LogP contribution is 2.31. The zero-order valence-corrected chi connectivity index (χ0v) is 12.6. The third-order valence-corrected chi connectivity index (χ3v) is 3.94. The number of nitrogens with one attached hydrogen (secondary N) is 1. The van der Waals surface area contributed by atoms with Gasteiger partial charge in [0.1, 0.15) is 18.0 Å². The van der Waals surface area contributed by atoms with Crippen LogP contribution in [-0.2, 0) is 4.74 Å². The molecule has 1 N–H and O–H groups in total. The summed E-state index contributed by atoms with van der Waals surface area (Å²) in [5.41, 5.74) is 1.53. The molecule has 0 saturated carbocycles. The lowest BCUT2D eigenvalue weighted by molar-refractivity contribution is 0.00551. The van der Waals surface area contributed by atoms with Crippen molar-refractivity contribution in [3.8, 4) is 6.07 Å². The minimum atomic E-state index is -0.0646. The van der Waals surface area contributed by atoms with Gasteiger partial charge in [-0.05, 0) is 36.6 Å². The van der Waals surface area contributed by atoms with Crippen molar-refractivity contribution in [3.63, 3.8) is 0 Å². The Bertz CT molecular complexity index is 686. The van der Waals surface area contributed by atoms with Gasteiger partial charge >= 0.3 is 0 Å². The maximum absolute atomic E-state index is 8.87. The average molecular weight is 315 g/mol. The van der Waals surface area contributed by atoms with E-state index in [1.165, 1.54) is 6.20 Å². The molecule has 6 heteroatoms. The van der Waals surface area contributed by atoms with Crippen LogP contribution in [0.4, 0.5) is 5.82 Å². The Hall–Kier alpha value is -2.16. The number of anilines is 1. The number of nitriles is 1. The van der Waals surface area contributed by atoms with Crippen molar-refractivity contribution >= 4 is 17.4 Å². The molecule has 112 valence electrons. The van der Waals surface area contributed by atoms with Gasteiger partial charge in [-0.15, -0.1) is 0 Å². The third kappa shape index (κ3) is 3.19. The van der Waals surface area contributed by atoms with Crippen molar-refractivity contribution in [2.75, 3.05) is 11.9 Å². The first-order chi connectivity index (χ1) is 10.8. The summed E-state index contributed by atoms with van der Waals surface area (Å²) in [5, 5.41) is 12.7. The zero-order chi connectivity index (χ0) is 15.4. The Balaban J connectivity index is 1.82. The normalized spacial score (nSPS) is 21.1. The fourth-order valence-corrected chi connectivity index (χ4v) is 2.81. The quantitative estimate of drug-likeness (QED) is 0.941. The molecule has 2 atom stereocenters. The summed E-state index contributed by atoms with van der Waals surface area (Å²) in [7, 11) is 0. The number of rotatable bonds is 3. The number of hydrogen-bond acceptors (Lipinski definition) is 5. The summed E-state index contributed by atoms with van der Waals surface area (Å²) < 4.78 is 5.92. The molecule has 0 radical (unpaired) electrons. The van der Waals surface area contributed by atoms with Crippen LogP contribution >= 0.6 is 11.6 Å². The van der Waals surface area contributed by atoms with Gasteiger partial charge in [-0.1, -0.05) is 11.6 Å². The van der Waals surface area contributed by atoms with E-state index < -0.39 is 0 Å². The highest BCUT2D eigenvalue weighted by Gasteiger charge is 2.28. The molecule has 0 aromatic carbocycles. The number of ether oxygens (including phenoxy) is 1. The van der Waals surface area contributed by atoms with Crippen LogP contribution in [0.1, 0.15) is 30.1 Å². The lowest BCUT2D eigenvalue weighted by Gasteiger charge is -2.33. The third-order valence-electron chi connectivity index (χ3n) is 3.65. The molecule has 1 saturated heterocycles. The van der Waals surface area contributed by atoms with Crippen molar-refractivity contribution < 1.29 is 4.74 Å². The summed E-state index contributed by atoms with van der Waals surface area (Å²) in [6.45, 7) is 0.736. The number of pyridine rings is 2. The van der Waals surface area contributed by atoms with Gasteiger partial charge in [-0.2, -0.15) is 5.26 Å². The van der Waals surface area contributed by atoms with Crippen LogP contribution in [0.25, 0.3) is 0 Å². The van der Waals surface area contributed by atoms with E-state index in [4.69, 9.17) is 21.6 Å². The highest BCUT2D eigenvalue weighted by atomic mass is 35.5. The molecule has 3 rings (SSSR count). The Morgan fingerprint density at radius 2 is 2.18 bits per heavy atom. The average Bonchev–Trinajstić information content (AvgIpc) is 2.58. The van der Waals surface area contributed by atoms with Gasteiger partial charge in [0.25, 0.3) is 0 Å². The Labute approximate surface area is 133 Å². The van der Waals surface area contributed by atoms with Gasteiger partial charge in [-0.25, -0.2) is 4.98 Å². The van der Waals surface area contributed by atoms with Crippen molar-refractivity contribution in [3.05, 3.63) is 52.9 Å². The van der Waals surface area contributed by atoms with Crippen molar-refractivity contribution in [2.24, 2.45) is 0 Å². The lowest BCUT2D eigenvalue weighted by atomic mass is 9.96. The SMILES string of the molecule is N#Cc1cnc(N[C@H]2CCCO[C@@H]2c2ccncc2)c(Cl)c1. The molecule has 1 aliphatic rings. The minimum Gasteiger partial charge on any atom is -0.371 e. The topological polar surface area (TPSA) is 70.8 Å². The molecule has 1 aliphatic heterocycles. The second-order valence-corrected chi connectivity index (χ2v) is 5.54. The molecule has 0 bridgehead atoms. The second-order valence-electron chi connectivity index (χ2n) is 5.13. The number of halogens is 1. The second kappa shape index (κ2) is 6.73. The Morgan fingerprint density at radius 1 is 1.36 bits per heavy atom. The van der Waals surface area contributed by atoms with Crippen LogP contribution in [0.15, 0.2) is 36.8 Å². The van der Waals surface area contributed by atoms with Gasteiger partial charge in [-0.3, -0.25) is 4.98 Å². The van der Waals surface area contributed by atoms with Crippen LogP contribution in [0, 0.1) is 11.3 Å². The van der Waals surface area contributed by atoms with Gasteiger partial charge in [0, 0.05) is 25.2 Å². The number of hydrogen-bond donors (Lipinski definition) is 1. The minimum absolute atomic E-state index is 0.0646. The molecule has 0 spiro atoms. The fourth-order valence-electron chi connectivity index (χ4n) is 2.59. The summed E-state index contributed by atoms with van der Waals surface area (Å²) in [6.07, 6.45) is 6.91. The van der Waals surface area contributed by atoms with Gasteiger partial charge in [0.15, 0.2) is 0 Å². The summed E-state index contributed by atoms with van der Waals surface area (Å²) in [5.74, 6) is 0.579. The first kappa shape index (κ1) is 14.8. The zero-order valence-electron chi connectivity index (χ0n) is 11.9. The van der Waals surface area contributed by atoms with Crippen LogP contribution < -0.4 is 5.32 Å². The molecule has 22 heavy (non-hydrogen) atoms. The number of aromatic nitrogens is 2. The monoisotopic (exact) mass is 314 g/mol. The maximum atomic E-state index is 8.87. The Morgan fingerprint density at radius 3 is 2.91 bits per heavy atom. The lowest BCUT2D eigenvalue weighted by Crippen LogP contribution is -2.34. The van der Waals surface area contributed by atoms with Crippen molar-refractivity contribution in [2.45, 2.75) is 25.0 Å². The van der Waals surface area contributed by atoms with E-state index >= 15 is 0 Å². The first-order valence-electron chi connectivity index (χ1n) is 7.11. The van der Waals surface area contributed by atoms with Crippen molar-refractivity contribution in [1.29, 1.82) is 5.26 Å². The van der Waals surface area contributed by atoms with E-state index in [-0.39, 0.29) is 12.1 Å². The van der Waals surface area contributed by atoms with Crippen LogP contribution in [0.5, 0.6) is 0 Å². The molecular weight excluding hydrogens is 300 g/mol. The Kier molecular flexibility index (Phi) is 4.52. The summed E-state index contributed by atoms with van der Waals surface area (Å²) >= 11 is 6.19. The van der Waals surface area contributed by atoms with Gasteiger partial charge < -0.3 is 10.1 Å². The van der Waals surface area contributed by atoms with E-state index in [0.717, 1.165) is 25.0 Å². The smallest absolute Gasteiger partial charge is 0.145 e. The van der Waals surface area contributed by atoms with Crippen LogP contribution in [0.3, 0.4) is 0 Å². The maximum Gasteiger partial charge on any atom is 0.145 e. The predicted octanol–water partition coefficient (Wildman–Crippen LogP) is 3.33. The van der Waals surface area contributed by atoms with Crippen molar-refractivity contribution in [1.82, 2.24) is 9.97 Å². The standard InChI is InChI=1S/C16H15ClN4O/c17-13-8-11(9-18)10-20-16(13)21-14-2-1-7-22-15(14)12-3-5-19-6-4-12/h3-6,8,10,14-15H,1-2,7H2,(H,20,21)/t14-,15+/m0/s1. The summed E-state index contributed by atoms with van der Waals surface area (Å²) in [6, 6.07) is 7.63. The van der Waals surface area contributed by atoms with E-state index in [0.29, 0.717) is 16.4 Å². The van der Waals surface area contributed by atoms with E-state index in [2.05, 4.69) is 15.3 Å². The predicted molar refractivity (Wildman–Crippen MR) is 83.5 cm³/mol. The molecule has 1 fully saturated rings. The molecular formula is C16H15ClN4O. The van der Waals surface area contributed by atoms with E-state index in [1.54, 1.807) is 18.5 Å². The fraction of sp³-hybridized carbons (Fsp3) is 0.312. The molecule has 3 heterocycles. The summed E-state index contributed by atoms with van der Waals surface area (Å²) in [4.78, 5) is 8.28. The molecule has 0 aliphatic carbocycles. The number of nitrogens with zero attached hydrogens (tertiary/aromatic N) is 3. The molecule has 2 aromatic heterocycles. The van der Waals surface area contributed by atoms with Crippen LogP contribution in [-0.4, -0.2) is 22.6 Å². The van der Waals surface area contributed by atoms with E-state index in [1.807, 2.05) is 18.2 Å².